The number of benzene rings is 5. The smallest absolute Gasteiger partial charge is 0.243 e. The second-order valence-corrected chi connectivity index (χ2v) is 14.4. The van der Waals surface area contributed by atoms with Crippen molar-refractivity contribution in [3.8, 4) is 16.9 Å². The Morgan fingerprint density at radius 2 is 1.25 bits per heavy atom. The molecule has 5 amide bonds. The van der Waals surface area contributed by atoms with Crippen molar-refractivity contribution in [1.29, 1.82) is 0 Å². The molecule has 60 heavy (non-hydrogen) atoms. The lowest BCUT2D eigenvalue weighted by Gasteiger charge is -2.22. The fourth-order valence-corrected chi connectivity index (χ4v) is 6.55. The van der Waals surface area contributed by atoms with Crippen LogP contribution in [0, 0.1) is 6.92 Å². The molecular formula is C48H51N5O7. The highest BCUT2D eigenvalue weighted by atomic mass is 16.5. The van der Waals surface area contributed by atoms with Crippen molar-refractivity contribution in [1.82, 2.24) is 21.3 Å². The normalized spacial score (nSPS) is 17.8. The zero-order valence-corrected chi connectivity index (χ0v) is 33.8. The fraction of sp³-hybridized carbons (Fsp3) is 0.250. The summed E-state index contributed by atoms with van der Waals surface area (Å²) in [6.07, 6.45) is 1.47. The SMILES string of the molecule is COc1ccccc1-c1ccc(C)cc1.O=C[C@@H]1Cc2ccc(cc2)NC(=O)CCC(=O)N[C@H](CCc2ccccc2)C(=O)NCC(=O)N[C@H](Cc2ccccc2)C(=O)N1. The molecule has 5 aromatic rings. The molecule has 0 saturated heterocycles. The molecule has 3 atom stereocenters. The molecule has 0 aromatic heterocycles. The molecule has 12 heteroatoms. The third-order valence-corrected chi connectivity index (χ3v) is 9.81. The fourth-order valence-electron chi connectivity index (χ4n) is 6.55. The van der Waals surface area contributed by atoms with Crippen LogP contribution in [0.25, 0.3) is 11.1 Å². The van der Waals surface area contributed by atoms with Crippen LogP contribution < -0.4 is 31.3 Å². The summed E-state index contributed by atoms with van der Waals surface area (Å²) in [7, 11) is 1.70. The maximum atomic E-state index is 13.3. The van der Waals surface area contributed by atoms with Gasteiger partial charge >= 0.3 is 0 Å². The third-order valence-electron chi connectivity index (χ3n) is 9.81. The van der Waals surface area contributed by atoms with Crippen LogP contribution in [-0.2, 0) is 48.0 Å². The molecule has 0 saturated carbocycles. The minimum atomic E-state index is -1.03. The van der Waals surface area contributed by atoms with Crippen LogP contribution in [0.5, 0.6) is 5.75 Å². The molecule has 0 fully saturated rings. The van der Waals surface area contributed by atoms with Crippen molar-refractivity contribution in [2.45, 2.75) is 63.6 Å². The number of rotatable bonds is 8. The number of aldehydes is 1. The molecule has 12 nitrogen and oxygen atoms in total. The maximum Gasteiger partial charge on any atom is 0.243 e. The van der Waals surface area contributed by atoms with Crippen LogP contribution in [0.1, 0.15) is 41.5 Å². The number of anilines is 1. The average Bonchev–Trinajstić information content (AvgIpc) is 3.27. The summed E-state index contributed by atoms with van der Waals surface area (Å²) in [4.78, 5) is 76.7. The summed E-state index contributed by atoms with van der Waals surface area (Å²) < 4.78 is 5.33. The van der Waals surface area contributed by atoms with Gasteiger partial charge in [0.25, 0.3) is 0 Å². The van der Waals surface area contributed by atoms with Crippen LogP contribution in [-0.4, -0.2) is 67.6 Å². The number of methoxy groups -OCH3 is 1. The van der Waals surface area contributed by atoms with Crippen LogP contribution >= 0.6 is 0 Å². The molecule has 5 N–H and O–H groups in total. The van der Waals surface area contributed by atoms with E-state index in [1.54, 1.807) is 31.4 Å². The van der Waals surface area contributed by atoms with Gasteiger partial charge in [0.05, 0.1) is 19.7 Å². The predicted molar refractivity (Wildman–Crippen MR) is 231 cm³/mol. The van der Waals surface area contributed by atoms with E-state index in [0.29, 0.717) is 18.4 Å². The van der Waals surface area contributed by atoms with E-state index < -0.39 is 48.3 Å². The van der Waals surface area contributed by atoms with Crippen LogP contribution in [0.2, 0.25) is 0 Å². The van der Waals surface area contributed by atoms with Crippen molar-refractivity contribution in [2.24, 2.45) is 0 Å². The number of carbonyl (C=O) groups is 6. The van der Waals surface area contributed by atoms with Gasteiger partial charge < -0.3 is 36.1 Å². The summed E-state index contributed by atoms with van der Waals surface area (Å²) in [6, 6.07) is 39.0. The number of fused-ring (bicyclic) bond motifs is 18. The Hall–Kier alpha value is -7.08. The first kappa shape index (κ1) is 44.0. The van der Waals surface area contributed by atoms with Crippen molar-refractivity contribution in [3.05, 3.63) is 156 Å². The Kier molecular flexibility index (Phi) is 16.7. The third kappa shape index (κ3) is 14.1. The van der Waals surface area contributed by atoms with Gasteiger partial charge in [-0.15, -0.1) is 0 Å². The molecule has 0 aliphatic carbocycles. The van der Waals surface area contributed by atoms with E-state index in [1.807, 2.05) is 78.9 Å². The Balaban J connectivity index is 0.000000379. The van der Waals surface area contributed by atoms with Crippen molar-refractivity contribution in [3.63, 3.8) is 0 Å². The van der Waals surface area contributed by atoms with Gasteiger partial charge in [-0.25, -0.2) is 0 Å². The topological polar surface area (TPSA) is 172 Å². The highest BCUT2D eigenvalue weighted by Crippen LogP contribution is 2.29. The molecule has 310 valence electrons. The van der Waals surface area contributed by atoms with E-state index in [4.69, 9.17) is 4.74 Å². The number of hydrogen-bond donors (Lipinski definition) is 5. The molecule has 2 aliphatic heterocycles. The summed E-state index contributed by atoms with van der Waals surface area (Å²) in [5, 5.41) is 13.4. The lowest BCUT2D eigenvalue weighted by molar-refractivity contribution is -0.132. The molecule has 5 aromatic carbocycles. The minimum Gasteiger partial charge on any atom is -0.496 e. The van der Waals surface area contributed by atoms with Gasteiger partial charge in [0.15, 0.2) is 0 Å². The number of ether oxygens (including phenoxy) is 1. The zero-order chi connectivity index (χ0) is 42.7. The van der Waals surface area contributed by atoms with E-state index >= 15 is 0 Å². The number of carbonyl (C=O) groups excluding carboxylic acids is 6. The number of hydrogen-bond acceptors (Lipinski definition) is 7. The van der Waals surface area contributed by atoms with Crippen LogP contribution in [0.4, 0.5) is 5.69 Å². The quantitative estimate of drug-likeness (QED) is 0.105. The molecule has 0 spiro atoms. The number of nitrogens with one attached hydrogen (secondary N) is 5. The van der Waals surface area contributed by atoms with Crippen molar-refractivity contribution >= 4 is 41.5 Å². The van der Waals surface area contributed by atoms with Gasteiger partial charge in [0.1, 0.15) is 24.1 Å². The number of para-hydroxylation sites is 1. The van der Waals surface area contributed by atoms with E-state index in [2.05, 4.69) is 63.8 Å². The molecule has 2 bridgehead atoms. The number of amides is 5. The molecule has 2 heterocycles. The van der Waals surface area contributed by atoms with Gasteiger partial charge in [-0.1, -0.05) is 121 Å². The lowest BCUT2D eigenvalue weighted by atomic mass is 10.0. The van der Waals surface area contributed by atoms with Gasteiger partial charge in [0, 0.05) is 30.5 Å². The van der Waals surface area contributed by atoms with Crippen LogP contribution in [0.3, 0.4) is 0 Å². The summed E-state index contributed by atoms with van der Waals surface area (Å²) >= 11 is 0. The first-order chi connectivity index (χ1) is 29.1. The van der Waals surface area contributed by atoms with Gasteiger partial charge in [-0.2, -0.15) is 0 Å². The Morgan fingerprint density at radius 1 is 0.633 bits per heavy atom. The highest BCUT2D eigenvalue weighted by Gasteiger charge is 2.26. The molecular weight excluding hydrogens is 759 g/mol. The minimum absolute atomic E-state index is 0.106. The van der Waals surface area contributed by atoms with E-state index in [0.717, 1.165) is 28.0 Å². The summed E-state index contributed by atoms with van der Waals surface area (Å²) in [5.41, 5.74) is 6.60. The Labute approximate surface area is 350 Å². The first-order valence-corrected chi connectivity index (χ1v) is 19.9. The van der Waals surface area contributed by atoms with E-state index in [-0.39, 0.29) is 38.0 Å². The second kappa shape index (κ2) is 22.8. The van der Waals surface area contributed by atoms with Gasteiger partial charge in [-0.05, 0) is 66.6 Å². The molecule has 7 rings (SSSR count). The molecule has 0 radical (unpaired) electrons. The Morgan fingerprint density at radius 3 is 1.92 bits per heavy atom. The van der Waals surface area contributed by atoms with E-state index in [9.17, 15) is 28.8 Å². The zero-order valence-electron chi connectivity index (χ0n) is 33.8. The van der Waals surface area contributed by atoms with Gasteiger partial charge in [0.2, 0.25) is 29.5 Å². The van der Waals surface area contributed by atoms with Crippen molar-refractivity contribution < 1.29 is 33.5 Å². The molecule has 0 unspecified atom stereocenters. The van der Waals surface area contributed by atoms with Crippen molar-refractivity contribution in [2.75, 3.05) is 19.0 Å². The largest absolute Gasteiger partial charge is 0.496 e. The summed E-state index contributed by atoms with van der Waals surface area (Å²) in [5.74, 6) is -1.69. The lowest BCUT2D eigenvalue weighted by Crippen LogP contribution is -2.54. The average molecular weight is 810 g/mol. The van der Waals surface area contributed by atoms with Crippen LogP contribution in [0.15, 0.2) is 133 Å². The maximum absolute atomic E-state index is 13.3. The predicted octanol–water partition coefficient (Wildman–Crippen LogP) is 5.28. The van der Waals surface area contributed by atoms with Gasteiger partial charge in [-0.3, -0.25) is 24.0 Å². The first-order valence-electron chi connectivity index (χ1n) is 19.9. The number of aryl methyl sites for hydroxylation is 2. The monoisotopic (exact) mass is 809 g/mol. The Bertz CT molecular complexity index is 2200. The standard InChI is InChI=1S/C34H37N5O6.C14H14O/c40-22-27-19-25-11-14-26(15-12-25)36-30(41)17-18-31(42)38-28(16-13-23-7-3-1-4-8-23)33(44)35-21-32(43)39-29(34(45)37-27)20-24-9-5-2-6-10-24;1-11-7-9-12(10-8-11)13-5-3-4-6-14(13)15-2/h1-12,14-15,22,27-29H,13,16-21H2,(H,35,44)(H,36,41)(H,37,45)(H,38,42)(H,39,43);3-10H,1-2H3/t27-,28+,29+;/m0./s1. The molecule has 2 aliphatic rings. The summed E-state index contributed by atoms with van der Waals surface area (Å²) in [6.45, 7) is 1.65. The second-order valence-electron chi connectivity index (χ2n) is 14.4. The van der Waals surface area contributed by atoms with E-state index in [1.165, 1.54) is 11.1 Å². The highest BCUT2D eigenvalue weighted by molar-refractivity contribution is 5.95.